The number of hydrogen-bond donors (Lipinski definition) is 1. The predicted octanol–water partition coefficient (Wildman–Crippen LogP) is 2.17. The fourth-order valence-electron chi connectivity index (χ4n) is 3.04. The zero-order valence-corrected chi connectivity index (χ0v) is 12.9. The number of hydrogen-bond acceptors (Lipinski definition) is 3. The van der Waals surface area contributed by atoms with Gasteiger partial charge in [-0.15, -0.1) is 0 Å². The van der Waals surface area contributed by atoms with Crippen LogP contribution in [0, 0.1) is 5.41 Å². The molecule has 1 fully saturated rings. The van der Waals surface area contributed by atoms with Gasteiger partial charge in [0.25, 0.3) is 0 Å². The molecule has 1 saturated heterocycles. The first kappa shape index (κ1) is 15.9. The summed E-state index contributed by atoms with van der Waals surface area (Å²) in [7, 11) is 0. The lowest BCUT2D eigenvalue weighted by Gasteiger charge is -2.39. The monoisotopic (exact) mass is 255 g/mol. The largest absolute Gasteiger partial charge is 0.330 e. The Balaban J connectivity index is 2.21. The van der Waals surface area contributed by atoms with E-state index in [-0.39, 0.29) is 0 Å². The third-order valence-corrected chi connectivity index (χ3v) is 4.40. The van der Waals surface area contributed by atoms with Gasteiger partial charge < -0.3 is 10.6 Å². The molecule has 3 nitrogen and oxygen atoms in total. The quantitative estimate of drug-likeness (QED) is 0.757. The van der Waals surface area contributed by atoms with E-state index in [1.165, 1.54) is 45.6 Å². The molecule has 0 aliphatic carbocycles. The number of likely N-dealkylation sites (N-methyl/N-ethyl adjacent to an activating group) is 1. The highest BCUT2D eigenvalue weighted by Crippen LogP contribution is 2.26. The lowest BCUT2D eigenvalue weighted by Crippen LogP contribution is -2.51. The van der Waals surface area contributed by atoms with Crippen LogP contribution in [-0.2, 0) is 0 Å². The Hall–Kier alpha value is -0.120. The van der Waals surface area contributed by atoms with Gasteiger partial charge in [-0.1, -0.05) is 20.8 Å². The van der Waals surface area contributed by atoms with Crippen molar-refractivity contribution in [1.29, 1.82) is 0 Å². The van der Waals surface area contributed by atoms with Crippen molar-refractivity contribution < 1.29 is 0 Å². The van der Waals surface area contributed by atoms with Crippen LogP contribution in [0.25, 0.3) is 0 Å². The summed E-state index contributed by atoms with van der Waals surface area (Å²) in [5.74, 6) is 0. The summed E-state index contributed by atoms with van der Waals surface area (Å²) in [4.78, 5) is 5.21. The van der Waals surface area contributed by atoms with Crippen LogP contribution in [0.4, 0.5) is 0 Å². The molecule has 0 aromatic heterocycles. The van der Waals surface area contributed by atoms with Crippen LogP contribution in [0.15, 0.2) is 0 Å². The van der Waals surface area contributed by atoms with Crippen LogP contribution in [-0.4, -0.2) is 55.1 Å². The average Bonchev–Trinajstić information content (AvgIpc) is 2.29. The second kappa shape index (κ2) is 7.46. The van der Waals surface area contributed by atoms with E-state index in [2.05, 4.69) is 37.5 Å². The minimum absolute atomic E-state index is 0.422. The summed E-state index contributed by atoms with van der Waals surface area (Å²) in [6, 6.07) is 0.723. The van der Waals surface area contributed by atoms with E-state index in [0.29, 0.717) is 5.41 Å². The van der Waals surface area contributed by atoms with Crippen molar-refractivity contribution in [3.05, 3.63) is 0 Å². The molecule has 1 aliphatic heterocycles. The Morgan fingerprint density at radius 2 is 1.94 bits per heavy atom. The van der Waals surface area contributed by atoms with Crippen LogP contribution in [0.5, 0.6) is 0 Å². The van der Waals surface area contributed by atoms with Gasteiger partial charge in [0.05, 0.1) is 0 Å². The molecular formula is C15H33N3. The number of rotatable bonds is 7. The van der Waals surface area contributed by atoms with Gasteiger partial charge in [-0.05, 0) is 51.2 Å². The molecule has 1 unspecified atom stereocenters. The smallest absolute Gasteiger partial charge is 0.0195 e. The number of nitrogens with zero attached hydrogens (tertiary/aromatic N) is 2. The number of piperazine rings is 1. The number of nitrogens with two attached hydrogens (primary N) is 1. The van der Waals surface area contributed by atoms with Crippen molar-refractivity contribution in [2.45, 2.75) is 53.0 Å². The minimum atomic E-state index is 0.422. The Bertz CT molecular complexity index is 228. The minimum Gasteiger partial charge on any atom is -0.330 e. The normalized spacial score (nSPS) is 23.5. The fourth-order valence-corrected chi connectivity index (χ4v) is 3.04. The SMILES string of the molecule is CCN1CCN(CCCC(C)(C)CCN)CC1C. The van der Waals surface area contributed by atoms with Crippen molar-refractivity contribution in [2.24, 2.45) is 11.1 Å². The molecule has 0 amide bonds. The molecule has 0 aromatic rings. The maximum absolute atomic E-state index is 5.66. The van der Waals surface area contributed by atoms with E-state index in [4.69, 9.17) is 5.73 Å². The molecule has 1 aliphatic rings. The van der Waals surface area contributed by atoms with E-state index < -0.39 is 0 Å². The van der Waals surface area contributed by atoms with Gasteiger partial charge in [-0.3, -0.25) is 4.90 Å². The summed E-state index contributed by atoms with van der Waals surface area (Å²) in [6.07, 6.45) is 3.76. The fraction of sp³-hybridized carbons (Fsp3) is 1.00. The molecule has 1 heterocycles. The molecule has 1 atom stereocenters. The van der Waals surface area contributed by atoms with E-state index in [1.54, 1.807) is 0 Å². The highest BCUT2D eigenvalue weighted by Gasteiger charge is 2.22. The Morgan fingerprint density at radius 1 is 1.22 bits per heavy atom. The summed E-state index contributed by atoms with van der Waals surface area (Å²) < 4.78 is 0. The predicted molar refractivity (Wildman–Crippen MR) is 79.8 cm³/mol. The zero-order valence-electron chi connectivity index (χ0n) is 12.9. The van der Waals surface area contributed by atoms with Crippen LogP contribution in [0.2, 0.25) is 0 Å². The molecule has 2 N–H and O–H groups in total. The van der Waals surface area contributed by atoms with Gasteiger partial charge in [-0.2, -0.15) is 0 Å². The maximum Gasteiger partial charge on any atom is 0.0195 e. The van der Waals surface area contributed by atoms with Crippen LogP contribution in [0.1, 0.15) is 47.0 Å². The third kappa shape index (κ3) is 5.25. The van der Waals surface area contributed by atoms with E-state index in [0.717, 1.165) is 19.0 Å². The Morgan fingerprint density at radius 3 is 2.50 bits per heavy atom. The Kier molecular flexibility index (Phi) is 6.61. The molecule has 0 saturated carbocycles. The Labute approximate surface area is 114 Å². The van der Waals surface area contributed by atoms with E-state index >= 15 is 0 Å². The van der Waals surface area contributed by atoms with Gasteiger partial charge in [0.2, 0.25) is 0 Å². The molecule has 18 heavy (non-hydrogen) atoms. The highest BCUT2D eigenvalue weighted by molar-refractivity contribution is 4.79. The van der Waals surface area contributed by atoms with Gasteiger partial charge in [-0.25, -0.2) is 0 Å². The highest BCUT2D eigenvalue weighted by atomic mass is 15.3. The molecule has 108 valence electrons. The van der Waals surface area contributed by atoms with Gasteiger partial charge in [0.1, 0.15) is 0 Å². The summed E-state index contributed by atoms with van der Waals surface area (Å²) in [6.45, 7) is 16.3. The molecule has 0 bridgehead atoms. The van der Waals surface area contributed by atoms with E-state index in [9.17, 15) is 0 Å². The second-order valence-corrected chi connectivity index (χ2v) is 6.58. The second-order valence-electron chi connectivity index (χ2n) is 6.58. The standard InChI is InChI=1S/C15H33N3/c1-5-18-12-11-17(13-14(18)2)10-6-7-15(3,4)8-9-16/h14H,5-13,16H2,1-4H3. The lowest BCUT2D eigenvalue weighted by atomic mass is 9.84. The summed E-state index contributed by atoms with van der Waals surface area (Å²) >= 11 is 0. The third-order valence-electron chi connectivity index (χ3n) is 4.40. The summed E-state index contributed by atoms with van der Waals surface area (Å²) in [5, 5.41) is 0. The molecule has 0 spiro atoms. The van der Waals surface area contributed by atoms with Crippen molar-refractivity contribution >= 4 is 0 Å². The lowest BCUT2D eigenvalue weighted by molar-refractivity contribution is 0.0844. The van der Waals surface area contributed by atoms with Crippen molar-refractivity contribution in [3.63, 3.8) is 0 Å². The van der Waals surface area contributed by atoms with Crippen molar-refractivity contribution in [1.82, 2.24) is 9.80 Å². The van der Waals surface area contributed by atoms with Crippen LogP contribution >= 0.6 is 0 Å². The van der Waals surface area contributed by atoms with Crippen LogP contribution < -0.4 is 5.73 Å². The van der Waals surface area contributed by atoms with Crippen molar-refractivity contribution in [2.75, 3.05) is 39.3 Å². The van der Waals surface area contributed by atoms with Gasteiger partial charge in [0.15, 0.2) is 0 Å². The van der Waals surface area contributed by atoms with Crippen molar-refractivity contribution in [3.8, 4) is 0 Å². The molecule has 0 aromatic carbocycles. The molecule has 0 radical (unpaired) electrons. The topological polar surface area (TPSA) is 32.5 Å². The molecule has 3 heteroatoms. The average molecular weight is 255 g/mol. The van der Waals surface area contributed by atoms with Gasteiger partial charge in [0, 0.05) is 25.7 Å². The maximum atomic E-state index is 5.66. The van der Waals surface area contributed by atoms with Gasteiger partial charge >= 0.3 is 0 Å². The zero-order chi connectivity index (χ0) is 13.6. The van der Waals surface area contributed by atoms with E-state index in [1.807, 2.05) is 0 Å². The first-order valence-corrected chi connectivity index (χ1v) is 7.65. The summed E-state index contributed by atoms with van der Waals surface area (Å²) in [5.41, 5.74) is 6.08. The molecular weight excluding hydrogens is 222 g/mol. The van der Waals surface area contributed by atoms with Crippen LogP contribution in [0.3, 0.4) is 0 Å². The first-order chi connectivity index (χ1) is 8.48. The molecule has 1 rings (SSSR count). The first-order valence-electron chi connectivity index (χ1n) is 7.65.